The van der Waals surface area contributed by atoms with Gasteiger partial charge in [0.2, 0.25) is 0 Å². The van der Waals surface area contributed by atoms with Crippen molar-refractivity contribution in [2.24, 2.45) is 0 Å². The zero-order valence-electron chi connectivity index (χ0n) is 7.56. The molecule has 0 saturated carbocycles. The molecule has 1 aliphatic rings. The van der Waals surface area contributed by atoms with Crippen LogP contribution in [-0.4, -0.2) is 13.1 Å². The third-order valence-electron chi connectivity index (χ3n) is 2.42. The Kier molecular flexibility index (Phi) is 2.59. The average molecular weight is 218 g/mol. The highest BCUT2D eigenvalue weighted by molar-refractivity contribution is 6.30. The number of halogens is 3. The number of rotatable bonds is 1. The molecule has 1 heterocycles. The molecular formula is C10H10ClF2N. The van der Waals surface area contributed by atoms with E-state index in [2.05, 4.69) is 0 Å². The Hall–Kier alpha value is -0.830. The van der Waals surface area contributed by atoms with Crippen molar-refractivity contribution in [3.05, 3.63) is 28.8 Å². The quantitative estimate of drug-likeness (QED) is 0.653. The maximum atomic E-state index is 13.4. The summed E-state index contributed by atoms with van der Waals surface area (Å²) in [6.45, 7) is 1.55. The van der Waals surface area contributed by atoms with Crippen molar-refractivity contribution in [2.75, 3.05) is 18.0 Å². The van der Waals surface area contributed by atoms with Gasteiger partial charge >= 0.3 is 0 Å². The summed E-state index contributed by atoms with van der Waals surface area (Å²) in [6.07, 6.45) is 2.04. The highest BCUT2D eigenvalue weighted by Crippen LogP contribution is 2.28. The molecule has 0 spiro atoms. The minimum atomic E-state index is -0.876. The lowest BCUT2D eigenvalue weighted by atomic mass is 10.2. The maximum absolute atomic E-state index is 13.4. The molecule has 1 aliphatic heterocycles. The van der Waals surface area contributed by atoms with Crippen LogP contribution in [-0.2, 0) is 0 Å². The highest BCUT2D eigenvalue weighted by Gasteiger charge is 2.19. The third kappa shape index (κ3) is 1.69. The normalized spacial score (nSPS) is 16.4. The molecule has 1 aromatic rings. The molecule has 0 aromatic heterocycles. The van der Waals surface area contributed by atoms with E-state index in [0.717, 1.165) is 32.0 Å². The Labute approximate surface area is 86.3 Å². The molecule has 2 rings (SSSR count). The third-order valence-corrected chi connectivity index (χ3v) is 2.64. The van der Waals surface area contributed by atoms with Gasteiger partial charge in [-0.15, -0.1) is 0 Å². The summed E-state index contributed by atoms with van der Waals surface area (Å²) in [5.74, 6) is -1.67. The molecule has 1 saturated heterocycles. The monoisotopic (exact) mass is 217 g/mol. The summed E-state index contributed by atoms with van der Waals surface area (Å²) in [5, 5.41) is 0.241. The SMILES string of the molecule is Fc1cc(Cl)cc(N2CCCC2)c1F. The molecular weight excluding hydrogens is 208 g/mol. The summed E-state index contributed by atoms with van der Waals surface area (Å²) in [5.41, 5.74) is 0.285. The van der Waals surface area contributed by atoms with Crippen molar-refractivity contribution in [3.8, 4) is 0 Å². The maximum Gasteiger partial charge on any atom is 0.182 e. The van der Waals surface area contributed by atoms with E-state index in [4.69, 9.17) is 11.6 Å². The van der Waals surface area contributed by atoms with Crippen molar-refractivity contribution in [1.29, 1.82) is 0 Å². The van der Waals surface area contributed by atoms with Crippen LogP contribution in [0.3, 0.4) is 0 Å². The lowest BCUT2D eigenvalue weighted by Gasteiger charge is -2.18. The summed E-state index contributed by atoms with van der Waals surface area (Å²) < 4.78 is 26.4. The molecule has 0 unspecified atom stereocenters. The minimum absolute atomic E-state index is 0.241. The Balaban J connectivity index is 2.40. The smallest absolute Gasteiger partial charge is 0.182 e. The summed E-state index contributed by atoms with van der Waals surface area (Å²) in [7, 11) is 0. The second-order valence-electron chi connectivity index (χ2n) is 3.41. The second kappa shape index (κ2) is 3.73. The standard InChI is InChI=1S/C10H10ClF2N/c11-7-5-8(12)10(13)9(6-7)14-3-1-2-4-14/h5-6H,1-4H2. The van der Waals surface area contributed by atoms with E-state index >= 15 is 0 Å². The van der Waals surface area contributed by atoms with E-state index in [1.807, 2.05) is 4.90 Å². The van der Waals surface area contributed by atoms with Crippen LogP contribution < -0.4 is 4.90 Å². The zero-order chi connectivity index (χ0) is 10.1. The lowest BCUT2D eigenvalue weighted by molar-refractivity contribution is 0.508. The predicted molar refractivity (Wildman–Crippen MR) is 52.8 cm³/mol. The fraction of sp³-hybridized carbons (Fsp3) is 0.400. The van der Waals surface area contributed by atoms with Crippen LogP contribution in [0.5, 0.6) is 0 Å². The van der Waals surface area contributed by atoms with E-state index in [1.54, 1.807) is 0 Å². The van der Waals surface area contributed by atoms with Crippen LogP contribution in [0.25, 0.3) is 0 Å². The van der Waals surface area contributed by atoms with Crippen LogP contribution in [0, 0.1) is 11.6 Å². The van der Waals surface area contributed by atoms with E-state index < -0.39 is 11.6 Å². The molecule has 14 heavy (non-hydrogen) atoms. The molecule has 1 fully saturated rings. The van der Waals surface area contributed by atoms with Crippen molar-refractivity contribution in [1.82, 2.24) is 0 Å². The van der Waals surface area contributed by atoms with Gasteiger partial charge in [0.15, 0.2) is 11.6 Å². The van der Waals surface area contributed by atoms with E-state index in [0.29, 0.717) is 0 Å². The molecule has 0 aliphatic carbocycles. The fourth-order valence-electron chi connectivity index (χ4n) is 1.73. The van der Waals surface area contributed by atoms with Gasteiger partial charge in [0.1, 0.15) is 0 Å². The number of hydrogen-bond donors (Lipinski definition) is 0. The topological polar surface area (TPSA) is 3.24 Å². The number of hydrogen-bond acceptors (Lipinski definition) is 1. The molecule has 4 heteroatoms. The van der Waals surface area contributed by atoms with Crippen molar-refractivity contribution in [2.45, 2.75) is 12.8 Å². The number of nitrogens with zero attached hydrogens (tertiary/aromatic N) is 1. The molecule has 0 atom stereocenters. The van der Waals surface area contributed by atoms with Gasteiger partial charge in [-0.2, -0.15) is 0 Å². The predicted octanol–water partition coefficient (Wildman–Crippen LogP) is 3.22. The van der Waals surface area contributed by atoms with Gasteiger partial charge in [-0.1, -0.05) is 11.6 Å². The van der Waals surface area contributed by atoms with Crippen molar-refractivity contribution < 1.29 is 8.78 Å². The largest absolute Gasteiger partial charge is 0.369 e. The van der Waals surface area contributed by atoms with Gasteiger partial charge in [0, 0.05) is 18.1 Å². The summed E-state index contributed by atoms with van der Waals surface area (Å²) in [6, 6.07) is 2.47. The van der Waals surface area contributed by atoms with Gasteiger partial charge in [0.25, 0.3) is 0 Å². The number of benzene rings is 1. The molecule has 0 N–H and O–H groups in total. The molecule has 0 radical (unpaired) electrons. The van der Waals surface area contributed by atoms with Crippen LogP contribution >= 0.6 is 11.6 Å². The summed E-state index contributed by atoms with van der Waals surface area (Å²) in [4.78, 5) is 1.82. The molecule has 1 aromatic carbocycles. The van der Waals surface area contributed by atoms with Gasteiger partial charge in [-0.05, 0) is 25.0 Å². The van der Waals surface area contributed by atoms with E-state index in [9.17, 15) is 8.78 Å². The Morgan fingerprint density at radius 2 is 1.79 bits per heavy atom. The Morgan fingerprint density at radius 3 is 2.43 bits per heavy atom. The van der Waals surface area contributed by atoms with Crippen molar-refractivity contribution in [3.63, 3.8) is 0 Å². The first-order valence-electron chi connectivity index (χ1n) is 4.58. The highest BCUT2D eigenvalue weighted by atomic mass is 35.5. The van der Waals surface area contributed by atoms with Crippen LogP contribution in [0.1, 0.15) is 12.8 Å². The second-order valence-corrected chi connectivity index (χ2v) is 3.85. The minimum Gasteiger partial charge on any atom is -0.369 e. The Bertz CT molecular complexity index is 348. The average Bonchev–Trinajstić information content (AvgIpc) is 2.63. The van der Waals surface area contributed by atoms with Gasteiger partial charge < -0.3 is 4.90 Å². The first kappa shape index (κ1) is 9.71. The van der Waals surface area contributed by atoms with Crippen LogP contribution in [0.2, 0.25) is 5.02 Å². The first-order valence-corrected chi connectivity index (χ1v) is 4.96. The van der Waals surface area contributed by atoms with Crippen LogP contribution in [0.4, 0.5) is 14.5 Å². The lowest BCUT2D eigenvalue weighted by Crippen LogP contribution is -2.19. The van der Waals surface area contributed by atoms with Gasteiger partial charge in [0.05, 0.1) is 5.69 Å². The van der Waals surface area contributed by atoms with Crippen molar-refractivity contribution >= 4 is 17.3 Å². The Morgan fingerprint density at radius 1 is 1.14 bits per heavy atom. The fourth-order valence-corrected chi connectivity index (χ4v) is 1.93. The van der Waals surface area contributed by atoms with E-state index in [1.165, 1.54) is 6.07 Å². The number of anilines is 1. The molecule has 1 nitrogen and oxygen atoms in total. The molecule has 0 amide bonds. The summed E-state index contributed by atoms with van der Waals surface area (Å²) >= 11 is 5.67. The van der Waals surface area contributed by atoms with E-state index in [-0.39, 0.29) is 10.7 Å². The van der Waals surface area contributed by atoms with Gasteiger partial charge in [-0.25, -0.2) is 8.78 Å². The van der Waals surface area contributed by atoms with Gasteiger partial charge in [-0.3, -0.25) is 0 Å². The van der Waals surface area contributed by atoms with Crippen LogP contribution in [0.15, 0.2) is 12.1 Å². The molecule has 0 bridgehead atoms. The zero-order valence-corrected chi connectivity index (χ0v) is 8.32. The first-order chi connectivity index (χ1) is 6.68. The molecule has 76 valence electrons.